The zero-order valence-corrected chi connectivity index (χ0v) is 13.8. The Labute approximate surface area is 131 Å². The van der Waals surface area contributed by atoms with Gasteiger partial charge in [-0.2, -0.15) is 5.10 Å². The predicted octanol–water partition coefficient (Wildman–Crippen LogP) is 1.60. The second-order valence-electron chi connectivity index (χ2n) is 6.39. The number of rotatable bonds is 3. The van der Waals surface area contributed by atoms with Crippen LogP contribution in [0.25, 0.3) is 0 Å². The Hall–Kier alpha value is -1.40. The monoisotopic (exact) mass is 306 g/mol. The van der Waals surface area contributed by atoms with E-state index in [0.29, 0.717) is 5.69 Å². The van der Waals surface area contributed by atoms with Crippen LogP contribution in [0.5, 0.6) is 0 Å². The summed E-state index contributed by atoms with van der Waals surface area (Å²) in [5, 5.41) is 7.32. The fourth-order valence-corrected chi connectivity index (χ4v) is 3.49. The molecule has 0 bridgehead atoms. The Balaban J connectivity index is 1.72. The lowest BCUT2D eigenvalue weighted by molar-refractivity contribution is -0.00704. The Morgan fingerprint density at radius 1 is 1.32 bits per heavy atom. The standard InChI is InChI=1S/C16H26N4O2/c1-4-5-19-6-8-20(9-7-19)16(21)15-13-10-11(2)22-12(3)14(13)17-18-15/h11-12H,4-10H2,1-3H3,(H,17,18)/t11-,12+/m0/s1. The van der Waals surface area contributed by atoms with Gasteiger partial charge in [-0.3, -0.25) is 14.8 Å². The van der Waals surface area contributed by atoms with Gasteiger partial charge in [-0.25, -0.2) is 0 Å². The summed E-state index contributed by atoms with van der Waals surface area (Å²) in [4.78, 5) is 17.2. The van der Waals surface area contributed by atoms with E-state index in [2.05, 4.69) is 22.0 Å². The molecule has 2 aliphatic rings. The van der Waals surface area contributed by atoms with E-state index in [-0.39, 0.29) is 18.1 Å². The van der Waals surface area contributed by atoms with Crippen molar-refractivity contribution in [1.29, 1.82) is 0 Å². The largest absolute Gasteiger partial charge is 0.369 e. The van der Waals surface area contributed by atoms with E-state index in [1.165, 1.54) is 0 Å². The minimum Gasteiger partial charge on any atom is -0.369 e. The van der Waals surface area contributed by atoms with E-state index in [9.17, 15) is 4.79 Å². The molecule has 0 spiro atoms. The van der Waals surface area contributed by atoms with Crippen LogP contribution in [0.1, 0.15) is 55.0 Å². The van der Waals surface area contributed by atoms with Gasteiger partial charge in [0.2, 0.25) is 0 Å². The summed E-state index contributed by atoms with van der Waals surface area (Å²) >= 11 is 0. The maximum absolute atomic E-state index is 12.8. The van der Waals surface area contributed by atoms with Crippen LogP contribution >= 0.6 is 0 Å². The molecule has 6 nitrogen and oxygen atoms in total. The SMILES string of the molecule is CCCN1CCN(C(=O)c2n[nH]c3c2C[C@H](C)O[C@@H]3C)CC1. The van der Waals surface area contributed by atoms with Gasteiger partial charge in [-0.15, -0.1) is 0 Å². The minimum absolute atomic E-state index is 0.0193. The molecule has 1 saturated heterocycles. The van der Waals surface area contributed by atoms with Crippen LogP contribution in [0.4, 0.5) is 0 Å². The van der Waals surface area contributed by atoms with Crippen molar-refractivity contribution in [3.05, 3.63) is 17.0 Å². The molecule has 0 aliphatic carbocycles. The summed E-state index contributed by atoms with van der Waals surface area (Å²) in [6.07, 6.45) is 2.03. The highest BCUT2D eigenvalue weighted by atomic mass is 16.5. The first-order valence-electron chi connectivity index (χ1n) is 8.34. The number of nitrogens with one attached hydrogen (secondary N) is 1. The molecule has 1 fully saturated rings. The fourth-order valence-electron chi connectivity index (χ4n) is 3.49. The lowest BCUT2D eigenvalue weighted by Crippen LogP contribution is -2.49. The van der Waals surface area contributed by atoms with Gasteiger partial charge >= 0.3 is 0 Å². The molecule has 2 aliphatic heterocycles. The van der Waals surface area contributed by atoms with E-state index in [1.54, 1.807) is 0 Å². The molecule has 0 unspecified atom stereocenters. The van der Waals surface area contributed by atoms with E-state index < -0.39 is 0 Å². The molecule has 0 aromatic carbocycles. The molecule has 1 aromatic heterocycles. The normalized spacial score (nSPS) is 26.0. The highest BCUT2D eigenvalue weighted by molar-refractivity contribution is 5.94. The van der Waals surface area contributed by atoms with Crippen molar-refractivity contribution in [2.75, 3.05) is 32.7 Å². The van der Waals surface area contributed by atoms with Crippen molar-refractivity contribution in [1.82, 2.24) is 20.0 Å². The zero-order valence-electron chi connectivity index (χ0n) is 13.8. The highest BCUT2D eigenvalue weighted by Crippen LogP contribution is 2.30. The molecule has 6 heteroatoms. The molecule has 1 amide bonds. The third-order valence-electron chi connectivity index (χ3n) is 4.64. The van der Waals surface area contributed by atoms with Gasteiger partial charge in [0.1, 0.15) is 0 Å². The summed E-state index contributed by atoms with van der Waals surface area (Å²) in [6.45, 7) is 10.9. The van der Waals surface area contributed by atoms with E-state index >= 15 is 0 Å². The number of aromatic nitrogens is 2. The van der Waals surface area contributed by atoms with Gasteiger partial charge in [0.15, 0.2) is 5.69 Å². The highest BCUT2D eigenvalue weighted by Gasteiger charge is 2.32. The molecule has 2 atom stereocenters. The first-order valence-corrected chi connectivity index (χ1v) is 8.34. The van der Waals surface area contributed by atoms with E-state index in [1.807, 2.05) is 18.7 Å². The van der Waals surface area contributed by atoms with Crippen LogP contribution in [0.2, 0.25) is 0 Å². The number of hydrogen-bond donors (Lipinski definition) is 1. The van der Waals surface area contributed by atoms with Crippen molar-refractivity contribution in [3.63, 3.8) is 0 Å². The summed E-state index contributed by atoms with van der Waals surface area (Å²) in [6, 6.07) is 0. The lowest BCUT2D eigenvalue weighted by atomic mass is 9.99. The molecular formula is C16H26N4O2. The van der Waals surface area contributed by atoms with Crippen molar-refractivity contribution < 1.29 is 9.53 Å². The number of fused-ring (bicyclic) bond motifs is 1. The number of aromatic amines is 1. The van der Waals surface area contributed by atoms with Gasteiger partial charge < -0.3 is 9.64 Å². The van der Waals surface area contributed by atoms with Crippen molar-refractivity contribution >= 4 is 5.91 Å². The number of carbonyl (C=O) groups excluding carboxylic acids is 1. The maximum Gasteiger partial charge on any atom is 0.274 e. The number of hydrogen-bond acceptors (Lipinski definition) is 4. The quantitative estimate of drug-likeness (QED) is 0.921. The third kappa shape index (κ3) is 2.90. The number of nitrogens with zero attached hydrogens (tertiary/aromatic N) is 3. The van der Waals surface area contributed by atoms with Crippen molar-refractivity contribution in [2.24, 2.45) is 0 Å². The number of amides is 1. The molecule has 0 radical (unpaired) electrons. The average Bonchev–Trinajstić information content (AvgIpc) is 2.91. The van der Waals surface area contributed by atoms with Crippen LogP contribution in [0.15, 0.2) is 0 Å². The number of H-pyrrole nitrogens is 1. The maximum atomic E-state index is 12.8. The lowest BCUT2D eigenvalue weighted by Gasteiger charge is -2.34. The van der Waals surface area contributed by atoms with E-state index in [4.69, 9.17) is 4.74 Å². The number of ether oxygens (including phenoxy) is 1. The molecule has 0 saturated carbocycles. The van der Waals surface area contributed by atoms with Crippen molar-refractivity contribution in [3.8, 4) is 0 Å². The predicted molar refractivity (Wildman–Crippen MR) is 83.9 cm³/mol. The molecule has 1 aromatic rings. The zero-order chi connectivity index (χ0) is 15.7. The molecule has 3 heterocycles. The third-order valence-corrected chi connectivity index (χ3v) is 4.64. The second kappa shape index (κ2) is 6.38. The molecule has 22 heavy (non-hydrogen) atoms. The summed E-state index contributed by atoms with van der Waals surface area (Å²) in [5.74, 6) is 0.0648. The number of piperazine rings is 1. The average molecular weight is 306 g/mol. The van der Waals surface area contributed by atoms with Gasteiger partial charge in [-0.1, -0.05) is 6.92 Å². The summed E-state index contributed by atoms with van der Waals surface area (Å²) in [7, 11) is 0. The fraction of sp³-hybridized carbons (Fsp3) is 0.750. The summed E-state index contributed by atoms with van der Waals surface area (Å²) < 4.78 is 5.79. The topological polar surface area (TPSA) is 61.5 Å². The molecule has 3 rings (SSSR count). The minimum atomic E-state index is -0.0193. The van der Waals surface area contributed by atoms with Gasteiger partial charge in [-0.05, 0) is 26.8 Å². The molecule has 1 N–H and O–H groups in total. The molecular weight excluding hydrogens is 280 g/mol. The van der Waals surface area contributed by atoms with Gasteiger partial charge in [0.05, 0.1) is 17.9 Å². The van der Waals surface area contributed by atoms with Gasteiger partial charge in [0.25, 0.3) is 5.91 Å². The van der Waals surface area contributed by atoms with Crippen LogP contribution < -0.4 is 0 Å². The first-order chi connectivity index (χ1) is 10.6. The van der Waals surface area contributed by atoms with Crippen LogP contribution in [-0.4, -0.2) is 64.7 Å². The van der Waals surface area contributed by atoms with Crippen LogP contribution in [0.3, 0.4) is 0 Å². The van der Waals surface area contributed by atoms with Crippen LogP contribution in [0, 0.1) is 0 Å². The smallest absolute Gasteiger partial charge is 0.274 e. The van der Waals surface area contributed by atoms with Crippen LogP contribution in [-0.2, 0) is 11.2 Å². The first kappa shape index (κ1) is 15.5. The van der Waals surface area contributed by atoms with Crippen molar-refractivity contribution in [2.45, 2.75) is 45.8 Å². The van der Waals surface area contributed by atoms with Gasteiger partial charge in [0, 0.05) is 38.2 Å². The summed E-state index contributed by atoms with van der Waals surface area (Å²) in [5.41, 5.74) is 2.61. The van der Waals surface area contributed by atoms with E-state index in [0.717, 1.165) is 56.8 Å². The number of carbonyl (C=O) groups is 1. The Kier molecular flexibility index (Phi) is 4.49. The Morgan fingerprint density at radius 3 is 2.73 bits per heavy atom. The Bertz CT molecular complexity index is 534. The second-order valence-corrected chi connectivity index (χ2v) is 6.39. The molecule has 122 valence electrons. The Morgan fingerprint density at radius 2 is 2.05 bits per heavy atom.